The molecule has 2 N–H and O–H groups in total. The number of pyridine rings is 1. The van der Waals surface area contributed by atoms with Crippen molar-refractivity contribution in [2.45, 2.75) is 11.1 Å². The van der Waals surface area contributed by atoms with Gasteiger partial charge in [-0.25, -0.2) is 4.98 Å². The molecule has 0 amide bonds. The Balaban J connectivity index is 1.99. The number of aromatic nitrogens is 1. The summed E-state index contributed by atoms with van der Waals surface area (Å²) in [6, 6.07) is 11.4. The number of thioether (sulfide) groups is 1. The number of benzene rings is 1. The van der Waals surface area contributed by atoms with Gasteiger partial charge in [-0.15, -0.1) is 0 Å². The summed E-state index contributed by atoms with van der Waals surface area (Å²) in [5.74, 6) is 1.11. The Morgan fingerprint density at radius 2 is 2.00 bits per heavy atom. The zero-order valence-corrected chi connectivity index (χ0v) is 16.9. The lowest BCUT2D eigenvalue weighted by Gasteiger charge is -2.26. The highest BCUT2D eigenvalue weighted by atomic mass is 32.2. The number of allylic oxidation sites excluding steroid dienone is 1. The number of ether oxygens (including phenoxy) is 2. The fraction of sp³-hybridized carbons (Fsp3) is 0.190. The third kappa shape index (κ3) is 4.49. The maximum absolute atomic E-state index is 9.84. The average Bonchev–Trinajstić information content (AvgIpc) is 2.73. The molecule has 3 rings (SSSR count). The molecule has 30 heavy (non-hydrogen) atoms. The molecule has 0 saturated carbocycles. The number of nitrogens with zero attached hydrogens (tertiary/aromatic N) is 5. The van der Waals surface area contributed by atoms with E-state index in [1.54, 1.807) is 30.3 Å². The van der Waals surface area contributed by atoms with Gasteiger partial charge >= 0.3 is 0 Å². The minimum Gasteiger partial charge on any atom is -0.486 e. The number of hydrogen-bond acceptors (Lipinski definition) is 9. The largest absolute Gasteiger partial charge is 0.486 e. The number of nitrogen functional groups attached to an aromatic ring is 1. The molecule has 1 aliphatic heterocycles. The predicted octanol–water partition coefficient (Wildman–Crippen LogP) is 3.19. The molecule has 1 aromatic heterocycles. The summed E-state index contributed by atoms with van der Waals surface area (Å²) in [7, 11) is 0. The van der Waals surface area contributed by atoms with Crippen LogP contribution in [0.15, 0.2) is 52.1 Å². The van der Waals surface area contributed by atoms with Gasteiger partial charge in [0, 0.05) is 18.0 Å². The molecule has 1 aromatic carbocycles. The van der Waals surface area contributed by atoms with E-state index in [0.29, 0.717) is 46.6 Å². The first-order valence-corrected chi connectivity index (χ1v) is 9.86. The predicted molar refractivity (Wildman–Crippen MR) is 117 cm³/mol. The number of nitrogens with two attached hydrogens (primary N) is 1. The maximum Gasteiger partial charge on any atom is 0.145 e. The highest BCUT2D eigenvalue weighted by Crippen LogP contribution is 2.36. The Hall–Kier alpha value is -3.66. The molecular formula is C21H18N6O2S. The van der Waals surface area contributed by atoms with Crippen molar-refractivity contribution in [1.29, 1.82) is 10.5 Å². The van der Waals surface area contributed by atoms with Crippen molar-refractivity contribution in [1.82, 2.24) is 4.98 Å². The third-order valence-electron chi connectivity index (χ3n) is 4.26. The summed E-state index contributed by atoms with van der Waals surface area (Å²) < 4.78 is 10.9. The Morgan fingerprint density at radius 3 is 2.53 bits per heavy atom. The summed E-state index contributed by atoms with van der Waals surface area (Å²) in [5, 5.41) is 27.2. The van der Waals surface area contributed by atoms with Gasteiger partial charge in [0.15, 0.2) is 0 Å². The van der Waals surface area contributed by atoms with Crippen LogP contribution in [0.2, 0.25) is 0 Å². The molecule has 0 atom stereocenters. The average molecular weight is 418 g/mol. The zero-order chi connectivity index (χ0) is 21.5. The van der Waals surface area contributed by atoms with E-state index < -0.39 is 0 Å². The van der Waals surface area contributed by atoms with Crippen molar-refractivity contribution in [3.63, 3.8) is 0 Å². The fourth-order valence-electron chi connectivity index (χ4n) is 2.73. The second-order valence-electron chi connectivity index (χ2n) is 6.18. The minimum atomic E-state index is 0.0468. The van der Waals surface area contributed by atoms with E-state index in [9.17, 15) is 10.5 Å². The SMILES string of the molecule is C=C/C(CSc1nc(N)c(C#N)c(-c2ccc(OC3COC3)cc2)c1C#N)=N\N=C. The van der Waals surface area contributed by atoms with Crippen molar-refractivity contribution in [3.8, 4) is 29.0 Å². The van der Waals surface area contributed by atoms with E-state index >= 15 is 0 Å². The van der Waals surface area contributed by atoms with Crippen molar-refractivity contribution < 1.29 is 9.47 Å². The van der Waals surface area contributed by atoms with Crippen LogP contribution >= 0.6 is 11.8 Å². The van der Waals surface area contributed by atoms with Crippen LogP contribution in [0.25, 0.3) is 11.1 Å². The molecule has 0 radical (unpaired) electrons. The summed E-state index contributed by atoms with van der Waals surface area (Å²) >= 11 is 1.26. The van der Waals surface area contributed by atoms with Gasteiger partial charge in [-0.05, 0) is 23.8 Å². The van der Waals surface area contributed by atoms with E-state index in [0.717, 1.165) is 0 Å². The molecule has 0 spiro atoms. The number of anilines is 1. The molecule has 9 heteroatoms. The molecule has 1 saturated heterocycles. The minimum absolute atomic E-state index is 0.0468. The zero-order valence-electron chi connectivity index (χ0n) is 16.0. The second-order valence-corrected chi connectivity index (χ2v) is 7.14. The van der Waals surface area contributed by atoms with Gasteiger partial charge in [0.25, 0.3) is 0 Å². The third-order valence-corrected chi connectivity index (χ3v) is 5.27. The quantitative estimate of drug-likeness (QED) is 0.396. The maximum atomic E-state index is 9.84. The topological polar surface area (TPSA) is 130 Å². The van der Waals surface area contributed by atoms with Gasteiger partial charge in [-0.3, -0.25) is 0 Å². The van der Waals surface area contributed by atoms with E-state index in [2.05, 4.69) is 40.6 Å². The Morgan fingerprint density at radius 1 is 1.30 bits per heavy atom. The number of hydrogen-bond donors (Lipinski definition) is 1. The van der Waals surface area contributed by atoms with E-state index in [1.165, 1.54) is 11.8 Å². The second kappa shape index (κ2) is 9.70. The molecular weight excluding hydrogens is 400 g/mol. The molecule has 1 aliphatic rings. The van der Waals surface area contributed by atoms with E-state index in [1.807, 2.05) is 0 Å². The number of nitriles is 2. The van der Waals surface area contributed by atoms with Gasteiger partial charge in [0.05, 0.1) is 24.5 Å². The number of rotatable bonds is 8. The highest BCUT2D eigenvalue weighted by Gasteiger charge is 2.22. The summed E-state index contributed by atoms with van der Waals surface area (Å²) in [5.41, 5.74) is 8.14. The first-order chi connectivity index (χ1) is 14.6. The van der Waals surface area contributed by atoms with Crippen molar-refractivity contribution in [3.05, 3.63) is 48.0 Å². The van der Waals surface area contributed by atoms with Gasteiger partial charge in [-0.1, -0.05) is 30.5 Å². The normalized spacial score (nSPS) is 13.6. The standard InChI is InChI=1S/C21H18N6O2S/c1-3-14(27-25-2)12-30-21-18(9-23)19(17(8-22)20(24)26-21)13-4-6-15(7-5-13)29-16-10-28-11-16/h3-7,16H,1-2,10-12H2,(H2,24,26)/b27-14+. The highest BCUT2D eigenvalue weighted by molar-refractivity contribution is 8.00. The van der Waals surface area contributed by atoms with Gasteiger partial charge in [0.1, 0.15) is 40.4 Å². The monoisotopic (exact) mass is 418 g/mol. The fourth-order valence-corrected chi connectivity index (χ4v) is 3.64. The molecule has 0 aliphatic carbocycles. The Kier molecular flexibility index (Phi) is 6.81. The molecule has 0 unspecified atom stereocenters. The van der Waals surface area contributed by atoms with Crippen LogP contribution in [-0.2, 0) is 4.74 Å². The lowest BCUT2D eigenvalue weighted by molar-refractivity contribution is -0.0796. The lowest BCUT2D eigenvalue weighted by Crippen LogP contribution is -2.38. The van der Waals surface area contributed by atoms with E-state index in [4.69, 9.17) is 15.2 Å². The van der Waals surface area contributed by atoms with Crippen LogP contribution in [-0.4, -0.2) is 42.5 Å². The van der Waals surface area contributed by atoms with Crippen LogP contribution < -0.4 is 10.5 Å². The van der Waals surface area contributed by atoms with Gasteiger partial charge < -0.3 is 15.2 Å². The molecule has 8 nitrogen and oxygen atoms in total. The van der Waals surface area contributed by atoms with Crippen molar-refractivity contribution in [2.24, 2.45) is 10.2 Å². The summed E-state index contributed by atoms with van der Waals surface area (Å²) in [6.45, 7) is 8.14. The first-order valence-electron chi connectivity index (χ1n) is 8.87. The molecule has 2 aromatic rings. The van der Waals surface area contributed by atoms with Crippen LogP contribution in [0.1, 0.15) is 11.1 Å². The Bertz CT molecular complexity index is 1080. The lowest BCUT2D eigenvalue weighted by atomic mass is 9.97. The van der Waals surface area contributed by atoms with Crippen molar-refractivity contribution >= 4 is 30.0 Å². The molecule has 0 bridgehead atoms. The van der Waals surface area contributed by atoms with Crippen LogP contribution in [0, 0.1) is 22.7 Å². The first kappa shape index (κ1) is 21.1. The van der Waals surface area contributed by atoms with Crippen LogP contribution in [0.5, 0.6) is 5.75 Å². The smallest absolute Gasteiger partial charge is 0.145 e. The van der Waals surface area contributed by atoms with Crippen molar-refractivity contribution in [2.75, 3.05) is 24.7 Å². The molecule has 1 fully saturated rings. The summed E-state index contributed by atoms with van der Waals surface area (Å²) in [6.07, 6.45) is 1.60. The summed E-state index contributed by atoms with van der Waals surface area (Å²) in [4.78, 5) is 4.26. The molecule has 2 heterocycles. The van der Waals surface area contributed by atoms with Gasteiger partial charge in [0.2, 0.25) is 0 Å². The van der Waals surface area contributed by atoms with Crippen LogP contribution in [0.3, 0.4) is 0 Å². The van der Waals surface area contributed by atoms with Crippen LogP contribution in [0.4, 0.5) is 5.82 Å². The Labute approximate surface area is 178 Å². The molecule has 150 valence electrons. The van der Waals surface area contributed by atoms with Gasteiger partial charge in [-0.2, -0.15) is 20.7 Å². The van der Waals surface area contributed by atoms with E-state index in [-0.39, 0.29) is 23.0 Å².